The standard InChI is InChI=1S/C11H9N5S/c12-10-4-13-5-11(16-10)15-7-1-2-8-9(3-7)17-6-14-8/h1-6H,(H3,12,15,16). The van der Waals surface area contributed by atoms with Crippen molar-refractivity contribution in [3.05, 3.63) is 36.1 Å². The summed E-state index contributed by atoms with van der Waals surface area (Å²) in [6.07, 6.45) is 3.14. The Morgan fingerprint density at radius 3 is 3.06 bits per heavy atom. The van der Waals surface area contributed by atoms with Gasteiger partial charge in [-0.15, -0.1) is 11.3 Å². The molecule has 0 fully saturated rings. The van der Waals surface area contributed by atoms with Gasteiger partial charge in [-0.05, 0) is 18.2 Å². The molecule has 0 bridgehead atoms. The number of nitrogen functional groups attached to an aromatic ring is 1. The van der Waals surface area contributed by atoms with Gasteiger partial charge < -0.3 is 11.1 Å². The molecule has 84 valence electrons. The van der Waals surface area contributed by atoms with Gasteiger partial charge in [0.05, 0.1) is 28.1 Å². The molecule has 0 aliphatic carbocycles. The predicted molar refractivity (Wildman–Crippen MR) is 69.3 cm³/mol. The van der Waals surface area contributed by atoms with Crippen LogP contribution in [0.15, 0.2) is 36.1 Å². The van der Waals surface area contributed by atoms with E-state index in [9.17, 15) is 0 Å². The number of anilines is 3. The van der Waals surface area contributed by atoms with Crippen LogP contribution in [0, 0.1) is 0 Å². The molecule has 0 amide bonds. The van der Waals surface area contributed by atoms with E-state index in [1.54, 1.807) is 17.5 Å². The lowest BCUT2D eigenvalue weighted by molar-refractivity contribution is 1.21. The minimum absolute atomic E-state index is 0.397. The molecule has 0 aliphatic heterocycles. The van der Waals surface area contributed by atoms with Gasteiger partial charge in [0.2, 0.25) is 0 Å². The van der Waals surface area contributed by atoms with Crippen molar-refractivity contribution in [3.63, 3.8) is 0 Å². The molecular weight excluding hydrogens is 234 g/mol. The van der Waals surface area contributed by atoms with E-state index in [4.69, 9.17) is 5.73 Å². The lowest BCUT2D eigenvalue weighted by Gasteiger charge is -2.05. The van der Waals surface area contributed by atoms with Crippen LogP contribution in [0.2, 0.25) is 0 Å². The number of nitrogens with one attached hydrogen (secondary N) is 1. The van der Waals surface area contributed by atoms with Crippen LogP contribution >= 0.6 is 11.3 Å². The lowest BCUT2D eigenvalue weighted by Crippen LogP contribution is -1.97. The van der Waals surface area contributed by atoms with E-state index in [1.807, 2.05) is 23.7 Å². The zero-order valence-corrected chi connectivity index (χ0v) is 9.61. The molecule has 3 rings (SSSR count). The van der Waals surface area contributed by atoms with Crippen molar-refractivity contribution in [3.8, 4) is 0 Å². The number of hydrogen-bond acceptors (Lipinski definition) is 6. The van der Waals surface area contributed by atoms with Crippen LogP contribution in [0.3, 0.4) is 0 Å². The first kappa shape index (κ1) is 9.98. The molecule has 17 heavy (non-hydrogen) atoms. The molecule has 0 unspecified atom stereocenters. The SMILES string of the molecule is Nc1cncc(Nc2ccc3ncsc3c2)n1. The van der Waals surface area contributed by atoms with Crippen LogP contribution in [-0.4, -0.2) is 15.0 Å². The topological polar surface area (TPSA) is 76.7 Å². The molecule has 0 atom stereocenters. The fourth-order valence-electron chi connectivity index (χ4n) is 1.52. The maximum Gasteiger partial charge on any atom is 0.151 e. The van der Waals surface area contributed by atoms with Crippen LogP contribution in [0.1, 0.15) is 0 Å². The summed E-state index contributed by atoms with van der Waals surface area (Å²) in [6.45, 7) is 0. The molecule has 1 aromatic carbocycles. The molecular formula is C11H9N5S. The van der Waals surface area contributed by atoms with Gasteiger partial charge in [-0.1, -0.05) is 0 Å². The molecule has 0 saturated carbocycles. The van der Waals surface area contributed by atoms with Crippen LogP contribution in [-0.2, 0) is 0 Å². The Morgan fingerprint density at radius 2 is 2.18 bits per heavy atom. The first-order chi connectivity index (χ1) is 8.31. The fourth-order valence-corrected chi connectivity index (χ4v) is 2.24. The van der Waals surface area contributed by atoms with E-state index >= 15 is 0 Å². The van der Waals surface area contributed by atoms with Gasteiger partial charge in [-0.25, -0.2) is 9.97 Å². The number of hydrogen-bond donors (Lipinski definition) is 2. The van der Waals surface area contributed by atoms with Crippen molar-refractivity contribution in [2.75, 3.05) is 11.1 Å². The molecule has 6 heteroatoms. The molecule has 3 N–H and O–H groups in total. The second-order valence-electron chi connectivity index (χ2n) is 3.49. The van der Waals surface area contributed by atoms with Crippen molar-refractivity contribution >= 4 is 38.9 Å². The lowest BCUT2D eigenvalue weighted by atomic mass is 10.3. The monoisotopic (exact) mass is 243 g/mol. The average Bonchev–Trinajstić information content (AvgIpc) is 2.76. The summed E-state index contributed by atoms with van der Waals surface area (Å²) >= 11 is 1.60. The Hall–Kier alpha value is -2.21. The Morgan fingerprint density at radius 1 is 1.24 bits per heavy atom. The summed E-state index contributed by atoms with van der Waals surface area (Å²) in [5, 5.41) is 3.15. The number of aromatic nitrogens is 3. The first-order valence-corrected chi connectivity index (χ1v) is 5.87. The highest BCUT2D eigenvalue weighted by Gasteiger charge is 2.00. The minimum Gasteiger partial charge on any atom is -0.382 e. The van der Waals surface area contributed by atoms with E-state index in [0.717, 1.165) is 15.9 Å². The van der Waals surface area contributed by atoms with Gasteiger partial charge in [-0.2, -0.15) is 0 Å². The van der Waals surface area contributed by atoms with Gasteiger partial charge >= 0.3 is 0 Å². The van der Waals surface area contributed by atoms with E-state index in [1.165, 1.54) is 6.20 Å². The number of rotatable bonds is 2. The van der Waals surface area contributed by atoms with Crippen LogP contribution in [0.25, 0.3) is 10.2 Å². The second kappa shape index (κ2) is 3.99. The van der Waals surface area contributed by atoms with Crippen molar-refractivity contribution in [1.29, 1.82) is 0 Å². The summed E-state index contributed by atoms with van der Waals surface area (Å²) in [7, 11) is 0. The summed E-state index contributed by atoms with van der Waals surface area (Å²) in [5.41, 5.74) is 9.34. The molecule has 3 aromatic rings. The van der Waals surface area contributed by atoms with Crippen LogP contribution in [0.5, 0.6) is 0 Å². The number of benzene rings is 1. The Kier molecular flexibility index (Phi) is 2.34. The molecule has 5 nitrogen and oxygen atoms in total. The normalized spacial score (nSPS) is 10.6. The van der Waals surface area contributed by atoms with Crippen molar-refractivity contribution in [2.24, 2.45) is 0 Å². The molecule has 0 saturated heterocycles. The van der Waals surface area contributed by atoms with Crippen molar-refractivity contribution < 1.29 is 0 Å². The van der Waals surface area contributed by atoms with Crippen molar-refractivity contribution in [2.45, 2.75) is 0 Å². The summed E-state index contributed by atoms with van der Waals surface area (Å²) in [6, 6.07) is 5.94. The third kappa shape index (κ3) is 2.02. The number of nitrogens with two attached hydrogens (primary N) is 1. The summed E-state index contributed by atoms with van der Waals surface area (Å²) < 4.78 is 1.13. The maximum atomic E-state index is 5.56. The van der Waals surface area contributed by atoms with Crippen LogP contribution < -0.4 is 11.1 Å². The Balaban J connectivity index is 1.94. The Bertz CT molecular complexity index is 664. The molecule has 0 radical (unpaired) electrons. The highest BCUT2D eigenvalue weighted by Crippen LogP contribution is 2.23. The van der Waals surface area contributed by atoms with Gasteiger partial charge in [0.15, 0.2) is 5.82 Å². The first-order valence-electron chi connectivity index (χ1n) is 4.99. The largest absolute Gasteiger partial charge is 0.382 e. The smallest absolute Gasteiger partial charge is 0.151 e. The van der Waals surface area contributed by atoms with Gasteiger partial charge in [-0.3, -0.25) is 4.98 Å². The number of fused-ring (bicyclic) bond motifs is 1. The van der Waals surface area contributed by atoms with Crippen LogP contribution in [0.4, 0.5) is 17.3 Å². The molecule has 0 aliphatic rings. The third-order valence-electron chi connectivity index (χ3n) is 2.26. The summed E-state index contributed by atoms with van der Waals surface area (Å²) in [4.78, 5) is 12.3. The van der Waals surface area contributed by atoms with Gasteiger partial charge in [0, 0.05) is 5.69 Å². The highest BCUT2D eigenvalue weighted by atomic mass is 32.1. The zero-order valence-electron chi connectivity index (χ0n) is 8.79. The van der Waals surface area contributed by atoms with Crippen molar-refractivity contribution in [1.82, 2.24) is 15.0 Å². The van der Waals surface area contributed by atoms with E-state index in [2.05, 4.69) is 20.3 Å². The zero-order chi connectivity index (χ0) is 11.7. The number of nitrogens with zero attached hydrogens (tertiary/aromatic N) is 3. The highest BCUT2D eigenvalue weighted by molar-refractivity contribution is 7.16. The molecule has 2 heterocycles. The molecule has 2 aromatic heterocycles. The predicted octanol–water partition coefficient (Wildman–Crippen LogP) is 2.41. The number of thiazole rings is 1. The van der Waals surface area contributed by atoms with E-state index < -0.39 is 0 Å². The van der Waals surface area contributed by atoms with Gasteiger partial charge in [0.1, 0.15) is 5.82 Å². The van der Waals surface area contributed by atoms with E-state index in [-0.39, 0.29) is 0 Å². The van der Waals surface area contributed by atoms with Gasteiger partial charge in [0.25, 0.3) is 0 Å². The second-order valence-corrected chi connectivity index (χ2v) is 4.38. The molecule has 0 spiro atoms. The third-order valence-corrected chi connectivity index (χ3v) is 3.05. The van der Waals surface area contributed by atoms with E-state index in [0.29, 0.717) is 11.6 Å². The quantitative estimate of drug-likeness (QED) is 0.722. The fraction of sp³-hybridized carbons (Fsp3) is 0. The summed E-state index contributed by atoms with van der Waals surface area (Å²) in [5.74, 6) is 1.03. The average molecular weight is 243 g/mol. The maximum absolute atomic E-state index is 5.56. The minimum atomic E-state index is 0.397. The Labute approximate surface area is 101 Å².